The number of amides is 1. The topological polar surface area (TPSA) is 45.1 Å². The molecular weight excluding hydrogens is 374 g/mol. The lowest BCUT2D eigenvalue weighted by molar-refractivity contribution is -0.134. The molecule has 0 radical (unpaired) electrons. The first kappa shape index (κ1) is 22.0. The normalized spacial score (nSPS) is 16.3. The predicted octanol–water partition coefficient (Wildman–Crippen LogP) is 4.72. The molecular formula is C25H33N3O2. The van der Waals surface area contributed by atoms with E-state index in [4.69, 9.17) is 9.84 Å². The molecule has 2 aromatic rings. The summed E-state index contributed by atoms with van der Waals surface area (Å²) in [6.45, 7) is 11.3. The summed E-state index contributed by atoms with van der Waals surface area (Å²) >= 11 is 0. The van der Waals surface area contributed by atoms with Crippen LogP contribution in [0.5, 0.6) is 5.75 Å². The molecule has 0 N–H and O–H groups in total. The predicted molar refractivity (Wildman–Crippen MR) is 122 cm³/mol. The molecule has 160 valence electrons. The van der Waals surface area contributed by atoms with E-state index in [1.807, 2.05) is 43.1 Å². The average Bonchev–Trinajstić information content (AvgIpc) is 3.14. The van der Waals surface area contributed by atoms with Gasteiger partial charge in [0.05, 0.1) is 24.9 Å². The fourth-order valence-electron chi connectivity index (χ4n) is 3.72. The number of aryl methyl sites for hydroxylation is 2. The van der Waals surface area contributed by atoms with Crippen LogP contribution >= 0.6 is 0 Å². The number of rotatable bonds is 7. The van der Waals surface area contributed by atoms with Gasteiger partial charge >= 0.3 is 0 Å². The van der Waals surface area contributed by atoms with Crippen LogP contribution < -0.4 is 4.74 Å². The minimum absolute atomic E-state index is 0.0184. The number of carbonyl (C=O) groups is 1. The Bertz CT molecular complexity index is 918. The second kappa shape index (κ2) is 9.43. The zero-order chi connectivity index (χ0) is 21.8. The van der Waals surface area contributed by atoms with E-state index in [2.05, 4.69) is 45.9 Å². The van der Waals surface area contributed by atoms with Crippen LogP contribution in [0.4, 0.5) is 0 Å². The molecule has 1 atom stereocenters. The van der Waals surface area contributed by atoms with Gasteiger partial charge in [-0.3, -0.25) is 9.69 Å². The molecule has 1 amide bonds. The Morgan fingerprint density at radius 1 is 1.20 bits per heavy atom. The smallest absolute Gasteiger partial charge is 0.257 e. The molecule has 30 heavy (non-hydrogen) atoms. The molecule has 0 saturated carbocycles. The van der Waals surface area contributed by atoms with Crippen molar-refractivity contribution in [1.29, 1.82) is 0 Å². The van der Waals surface area contributed by atoms with Crippen LogP contribution in [0.3, 0.4) is 0 Å². The lowest BCUT2D eigenvalue weighted by Crippen LogP contribution is -2.39. The van der Waals surface area contributed by atoms with E-state index in [0.717, 1.165) is 22.6 Å². The van der Waals surface area contributed by atoms with Gasteiger partial charge in [0.15, 0.2) is 0 Å². The highest BCUT2D eigenvalue weighted by molar-refractivity contribution is 6.04. The first-order chi connectivity index (χ1) is 14.3. The molecule has 3 rings (SSSR count). The zero-order valence-electron chi connectivity index (χ0n) is 19.0. The van der Waals surface area contributed by atoms with Crippen molar-refractivity contribution in [3.05, 3.63) is 64.7 Å². The minimum Gasteiger partial charge on any atom is -0.494 e. The maximum atomic E-state index is 13.2. The number of likely N-dealkylation sites (N-methyl/N-ethyl adjacent to an activating group) is 1. The monoisotopic (exact) mass is 407 g/mol. The Balaban J connectivity index is 1.92. The summed E-state index contributed by atoms with van der Waals surface area (Å²) in [4.78, 5) is 15.2. The van der Waals surface area contributed by atoms with Crippen molar-refractivity contribution in [1.82, 2.24) is 9.91 Å². The second-order valence-electron chi connectivity index (χ2n) is 8.33. The molecule has 1 aliphatic heterocycles. The van der Waals surface area contributed by atoms with Gasteiger partial charge < -0.3 is 4.74 Å². The van der Waals surface area contributed by atoms with Crippen LogP contribution in [-0.2, 0) is 4.79 Å². The maximum Gasteiger partial charge on any atom is 0.257 e. The van der Waals surface area contributed by atoms with Crippen molar-refractivity contribution in [2.45, 2.75) is 53.1 Å². The van der Waals surface area contributed by atoms with Gasteiger partial charge in [-0.1, -0.05) is 35.9 Å². The van der Waals surface area contributed by atoms with Gasteiger partial charge in [0.1, 0.15) is 5.75 Å². The van der Waals surface area contributed by atoms with Crippen LogP contribution in [-0.4, -0.2) is 47.8 Å². The fraction of sp³-hybridized carbons (Fsp3) is 0.440. The molecule has 2 aromatic carbocycles. The Morgan fingerprint density at radius 2 is 1.90 bits per heavy atom. The Morgan fingerprint density at radius 3 is 2.50 bits per heavy atom. The molecule has 1 aliphatic rings. The number of hydrazone groups is 1. The van der Waals surface area contributed by atoms with Crippen LogP contribution in [0.15, 0.2) is 47.6 Å². The summed E-state index contributed by atoms with van der Waals surface area (Å²) < 4.78 is 5.58. The Labute approximate surface area is 180 Å². The van der Waals surface area contributed by atoms with Gasteiger partial charge in [-0.2, -0.15) is 5.10 Å². The summed E-state index contributed by atoms with van der Waals surface area (Å²) in [6, 6.07) is 14.6. The van der Waals surface area contributed by atoms with E-state index in [1.54, 1.807) is 5.01 Å². The molecule has 0 fully saturated rings. The lowest BCUT2D eigenvalue weighted by Gasteiger charge is -2.26. The molecule has 0 aliphatic carbocycles. The summed E-state index contributed by atoms with van der Waals surface area (Å²) in [5, 5.41) is 6.50. The van der Waals surface area contributed by atoms with Crippen LogP contribution in [0.25, 0.3) is 0 Å². The van der Waals surface area contributed by atoms with E-state index in [0.29, 0.717) is 25.6 Å². The Hall–Kier alpha value is -2.66. The van der Waals surface area contributed by atoms with Crippen molar-refractivity contribution in [3.8, 4) is 5.75 Å². The van der Waals surface area contributed by atoms with Gasteiger partial charge in [0.25, 0.3) is 5.91 Å². The average molecular weight is 408 g/mol. The summed E-state index contributed by atoms with van der Waals surface area (Å²) in [5.74, 6) is 0.858. The SMILES string of the molecule is CCOc1ccc(C2CC(c3ccc(C)cc3C)=NN2C(=O)CN(C)C(C)C)cc1. The molecule has 0 bridgehead atoms. The zero-order valence-corrected chi connectivity index (χ0v) is 19.0. The highest BCUT2D eigenvalue weighted by atomic mass is 16.5. The third-order valence-corrected chi connectivity index (χ3v) is 5.70. The van der Waals surface area contributed by atoms with Crippen LogP contribution in [0.2, 0.25) is 0 Å². The van der Waals surface area contributed by atoms with Gasteiger partial charge in [0, 0.05) is 18.0 Å². The van der Waals surface area contributed by atoms with Crippen LogP contribution in [0, 0.1) is 13.8 Å². The van der Waals surface area contributed by atoms with E-state index in [-0.39, 0.29) is 11.9 Å². The number of benzene rings is 2. The molecule has 0 saturated heterocycles. The van der Waals surface area contributed by atoms with Crippen molar-refractivity contribution >= 4 is 11.6 Å². The quantitative estimate of drug-likeness (QED) is 0.667. The van der Waals surface area contributed by atoms with Crippen molar-refractivity contribution in [3.63, 3.8) is 0 Å². The summed E-state index contributed by atoms with van der Waals surface area (Å²) in [6.07, 6.45) is 0.703. The highest BCUT2D eigenvalue weighted by Gasteiger charge is 2.34. The lowest BCUT2D eigenvalue weighted by atomic mass is 9.95. The van der Waals surface area contributed by atoms with Gasteiger partial charge in [-0.25, -0.2) is 5.01 Å². The first-order valence-electron chi connectivity index (χ1n) is 10.7. The van der Waals surface area contributed by atoms with Crippen molar-refractivity contribution in [2.24, 2.45) is 5.10 Å². The summed E-state index contributed by atoms with van der Waals surface area (Å²) in [5.41, 5.74) is 5.57. The number of hydrogen-bond acceptors (Lipinski definition) is 4. The molecule has 5 nitrogen and oxygen atoms in total. The minimum atomic E-state index is -0.107. The Kier molecular flexibility index (Phi) is 6.93. The number of hydrogen-bond donors (Lipinski definition) is 0. The van der Waals surface area contributed by atoms with Gasteiger partial charge in [-0.05, 0) is 64.9 Å². The highest BCUT2D eigenvalue weighted by Crippen LogP contribution is 2.34. The van der Waals surface area contributed by atoms with E-state index < -0.39 is 0 Å². The van der Waals surface area contributed by atoms with Crippen molar-refractivity contribution < 1.29 is 9.53 Å². The number of ether oxygens (including phenoxy) is 1. The molecule has 1 heterocycles. The first-order valence-corrected chi connectivity index (χ1v) is 10.7. The van der Waals surface area contributed by atoms with Gasteiger partial charge in [0.2, 0.25) is 0 Å². The maximum absolute atomic E-state index is 13.2. The summed E-state index contributed by atoms with van der Waals surface area (Å²) in [7, 11) is 1.97. The van der Waals surface area contributed by atoms with Crippen LogP contribution in [0.1, 0.15) is 55.5 Å². The third-order valence-electron chi connectivity index (χ3n) is 5.70. The molecule has 0 aromatic heterocycles. The fourth-order valence-corrected chi connectivity index (χ4v) is 3.72. The van der Waals surface area contributed by atoms with E-state index in [1.165, 1.54) is 11.1 Å². The molecule has 0 spiro atoms. The number of carbonyl (C=O) groups excluding carboxylic acids is 1. The van der Waals surface area contributed by atoms with E-state index in [9.17, 15) is 4.79 Å². The number of nitrogens with zero attached hydrogens (tertiary/aromatic N) is 3. The molecule has 1 unspecified atom stereocenters. The standard InChI is InChI=1S/C25H33N3O2/c1-7-30-21-11-9-20(10-12-21)24-15-23(22-13-8-18(4)14-19(22)5)26-28(24)25(29)16-27(6)17(2)3/h8-14,17,24H,7,15-16H2,1-6H3. The second-order valence-corrected chi connectivity index (χ2v) is 8.33. The van der Waals surface area contributed by atoms with E-state index >= 15 is 0 Å². The largest absolute Gasteiger partial charge is 0.494 e. The molecule has 5 heteroatoms. The van der Waals surface area contributed by atoms with Gasteiger partial charge in [-0.15, -0.1) is 0 Å². The third kappa shape index (κ3) is 4.90. The van der Waals surface area contributed by atoms with Crippen molar-refractivity contribution in [2.75, 3.05) is 20.2 Å².